The van der Waals surface area contributed by atoms with E-state index in [0.29, 0.717) is 6.42 Å². The van der Waals surface area contributed by atoms with Crippen LogP contribution in [0.15, 0.2) is 4.73 Å². The van der Waals surface area contributed by atoms with Crippen LogP contribution in [0.3, 0.4) is 0 Å². The molecule has 60 valence electrons. The number of aliphatic hydroxyl groups excluding tert-OH is 1. The van der Waals surface area contributed by atoms with Crippen LogP contribution in [0.2, 0.25) is 0 Å². The fourth-order valence-electron chi connectivity index (χ4n) is 1.28. The highest BCUT2D eigenvalue weighted by Gasteiger charge is 2.19. The number of aliphatic hydroxyl groups is 1. The fourth-order valence-corrected chi connectivity index (χ4v) is 1.74. The van der Waals surface area contributed by atoms with E-state index < -0.39 is 0 Å². The van der Waals surface area contributed by atoms with Gasteiger partial charge < -0.3 is 9.67 Å². The van der Waals surface area contributed by atoms with E-state index in [0.717, 1.165) is 23.5 Å². The van der Waals surface area contributed by atoms with Gasteiger partial charge >= 0.3 is 0 Å². The summed E-state index contributed by atoms with van der Waals surface area (Å²) < 4.78 is 2.74. The standard InChI is InChI=1S/C6H8BrN3O/c7-6-9-8-5-3-4(11)1-2-10(5)6/h4,11H,1-3H2. The first kappa shape index (κ1) is 7.24. The Morgan fingerprint density at radius 3 is 3.18 bits per heavy atom. The molecule has 0 saturated carbocycles. The molecule has 0 radical (unpaired) electrons. The molecule has 0 aromatic carbocycles. The van der Waals surface area contributed by atoms with Crippen molar-refractivity contribution in [1.82, 2.24) is 14.8 Å². The maximum atomic E-state index is 9.27. The van der Waals surface area contributed by atoms with Crippen molar-refractivity contribution in [3.05, 3.63) is 10.6 Å². The molecule has 0 saturated heterocycles. The van der Waals surface area contributed by atoms with E-state index in [1.807, 2.05) is 4.57 Å². The minimum Gasteiger partial charge on any atom is -0.393 e. The predicted octanol–water partition coefficient (Wildman–Crippen LogP) is 0.348. The van der Waals surface area contributed by atoms with E-state index in [-0.39, 0.29) is 6.10 Å². The molecule has 0 spiro atoms. The second-order valence-corrected chi connectivity index (χ2v) is 3.39. The Morgan fingerprint density at radius 2 is 2.36 bits per heavy atom. The average molecular weight is 218 g/mol. The Kier molecular flexibility index (Phi) is 1.69. The zero-order valence-corrected chi connectivity index (χ0v) is 7.45. The molecule has 0 aliphatic carbocycles. The van der Waals surface area contributed by atoms with Crippen molar-refractivity contribution >= 4 is 15.9 Å². The second-order valence-electron chi connectivity index (χ2n) is 2.68. The minimum absolute atomic E-state index is 0.237. The van der Waals surface area contributed by atoms with Gasteiger partial charge in [-0.2, -0.15) is 0 Å². The maximum Gasteiger partial charge on any atom is 0.200 e. The number of hydrogen-bond donors (Lipinski definition) is 1. The molecule has 11 heavy (non-hydrogen) atoms. The third-order valence-corrected chi connectivity index (χ3v) is 2.47. The lowest BCUT2D eigenvalue weighted by Gasteiger charge is -2.17. The van der Waals surface area contributed by atoms with Crippen molar-refractivity contribution in [3.8, 4) is 0 Å². The molecule has 1 aliphatic heterocycles. The van der Waals surface area contributed by atoms with Gasteiger partial charge in [0.05, 0.1) is 6.10 Å². The number of nitrogens with zero attached hydrogens (tertiary/aromatic N) is 3. The van der Waals surface area contributed by atoms with Crippen molar-refractivity contribution in [1.29, 1.82) is 0 Å². The predicted molar refractivity (Wildman–Crippen MR) is 42.0 cm³/mol. The van der Waals surface area contributed by atoms with Crippen LogP contribution in [-0.2, 0) is 13.0 Å². The summed E-state index contributed by atoms with van der Waals surface area (Å²) in [5, 5.41) is 17.0. The Hall–Kier alpha value is -0.420. The Bertz CT molecular complexity index is 273. The molecule has 5 heteroatoms. The summed E-state index contributed by atoms with van der Waals surface area (Å²) >= 11 is 3.28. The van der Waals surface area contributed by atoms with Crippen molar-refractivity contribution in [2.45, 2.75) is 25.5 Å². The van der Waals surface area contributed by atoms with Crippen LogP contribution in [0.25, 0.3) is 0 Å². The van der Waals surface area contributed by atoms with E-state index in [9.17, 15) is 5.11 Å². The number of aromatic nitrogens is 3. The van der Waals surface area contributed by atoms with E-state index in [2.05, 4.69) is 26.1 Å². The minimum atomic E-state index is -0.237. The number of hydrogen-bond acceptors (Lipinski definition) is 3. The summed E-state index contributed by atoms with van der Waals surface area (Å²) in [6.45, 7) is 0.810. The van der Waals surface area contributed by atoms with E-state index in [1.54, 1.807) is 0 Å². The highest BCUT2D eigenvalue weighted by molar-refractivity contribution is 9.10. The van der Waals surface area contributed by atoms with Gasteiger partial charge in [-0.15, -0.1) is 10.2 Å². The first-order valence-corrected chi connectivity index (χ1v) is 4.32. The summed E-state index contributed by atoms with van der Waals surface area (Å²) in [6, 6.07) is 0. The average Bonchev–Trinajstić information content (AvgIpc) is 2.32. The molecule has 4 nitrogen and oxygen atoms in total. The summed E-state index contributed by atoms with van der Waals surface area (Å²) in [7, 11) is 0. The summed E-state index contributed by atoms with van der Waals surface area (Å²) in [6.07, 6.45) is 1.18. The summed E-state index contributed by atoms with van der Waals surface area (Å²) in [4.78, 5) is 0. The van der Waals surface area contributed by atoms with E-state index in [4.69, 9.17) is 0 Å². The topological polar surface area (TPSA) is 50.9 Å². The molecule has 1 aromatic heterocycles. The molecule has 0 fully saturated rings. The quantitative estimate of drug-likeness (QED) is 0.683. The molecular weight excluding hydrogens is 210 g/mol. The van der Waals surface area contributed by atoms with Gasteiger partial charge in [0.1, 0.15) is 5.82 Å². The zero-order chi connectivity index (χ0) is 7.84. The fraction of sp³-hybridized carbons (Fsp3) is 0.667. The van der Waals surface area contributed by atoms with Crippen LogP contribution in [0, 0.1) is 0 Å². The maximum absolute atomic E-state index is 9.27. The van der Waals surface area contributed by atoms with Crippen LogP contribution >= 0.6 is 15.9 Å². The highest BCUT2D eigenvalue weighted by atomic mass is 79.9. The van der Waals surface area contributed by atoms with Gasteiger partial charge in [0, 0.05) is 13.0 Å². The largest absolute Gasteiger partial charge is 0.393 e. The smallest absolute Gasteiger partial charge is 0.200 e. The van der Waals surface area contributed by atoms with Gasteiger partial charge in [0.15, 0.2) is 4.73 Å². The van der Waals surface area contributed by atoms with Crippen molar-refractivity contribution < 1.29 is 5.11 Å². The molecule has 0 bridgehead atoms. The summed E-state index contributed by atoms with van der Waals surface area (Å²) in [5.74, 6) is 0.871. The van der Waals surface area contributed by atoms with Crippen molar-refractivity contribution in [3.63, 3.8) is 0 Å². The van der Waals surface area contributed by atoms with Crippen LogP contribution in [0.4, 0.5) is 0 Å². The van der Waals surface area contributed by atoms with Gasteiger partial charge in [0.25, 0.3) is 0 Å². The first-order chi connectivity index (χ1) is 5.27. The molecule has 2 heterocycles. The number of fused-ring (bicyclic) bond motifs is 1. The Labute approximate surface area is 72.4 Å². The molecule has 2 rings (SSSR count). The number of rotatable bonds is 0. The van der Waals surface area contributed by atoms with Gasteiger partial charge in [0.2, 0.25) is 0 Å². The molecule has 1 unspecified atom stereocenters. The Balaban J connectivity index is 2.36. The third-order valence-electron chi connectivity index (χ3n) is 1.89. The first-order valence-electron chi connectivity index (χ1n) is 3.53. The van der Waals surface area contributed by atoms with Gasteiger partial charge in [-0.05, 0) is 22.4 Å². The number of halogens is 1. The zero-order valence-electron chi connectivity index (χ0n) is 5.87. The van der Waals surface area contributed by atoms with Crippen LogP contribution in [0.1, 0.15) is 12.2 Å². The molecule has 1 N–H and O–H groups in total. The second kappa shape index (κ2) is 2.57. The Morgan fingerprint density at radius 1 is 1.55 bits per heavy atom. The van der Waals surface area contributed by atoms with Crippen LogP contribution in [-0.4, -0.2) is 26.0 Å². The SMILES string of the molecule is OC1CCn2c(Br)nnc2C1. The molecule has 1 aliphatic rings. The van der Waals surface area contributed by atoms with Gasteiger partial charge in [-0.3, -0.25) is 0 Å². The monoisotopic (exact) mass is 217 g/mol. The normalized spacial score (nSPS) is 23.3. The molecule has 0 amide bonds. The lowest BCUT2D eigenvalue weighted by molar-refractivity contribution is 0.141. The van der Waals surface area contributed by atoms with Crippen molar-refractivity contribution in [2.75, 3.05) is 0 Å². The highest BCUT2D eigenvalue weighted by Crippen LogP contribution is 2.17. The van der Waals surface area contributed by atoms with Gasteiger partial charge in [-0.25, -0.2) is 0 Å². The molecule has 1 aromatic rings. The molecular formula is C6H8BrN3O. The van der Waals surface area contributed by atoms with Crippen molar-refractivity contribution in [2.24, 2.45) is 0 Å². The van der Waals surface area contributed by atoms with Crippen LogP contribution < -0.4 is 0 Å². The lowest BCUT2D eigenvalue weighted by atomic mass is 10.1. The van der Waals surface area contributed by atoms with Gasteiger partial charge in [-0.1, -0.05) is 0 Å². The summed E-state index contributed by atoms with van der Waals surface area (Å²) in [5.41, 5.74) is 0. The van der Waals surface area contributed by atoms with E-state index in [1.165, 1.54) is 0 Å². The third kappa shape index (κ3) is 1.18. The van der Waals surface area contributed by atoms with E-state index >= 15 is 0 Å². The lowest BCUT2D eigenvalue weighted by Crippen LogP contribution is -2.23. The molecule has 1 atom stereocenters. The van der Waals surface area contributed by atoms with Crippen LogP contribution in [0.5, 0.6) is 0 Å².